The number of thioether (sulfide) groups is 1. The number of hydrazine groups is 1. The number of benzene rings is 1. The van der Waals surface area contributed by atoms with Crippen molar-refractivity contribution in [1.82, 2.24) is 30.5 Å². The van der Waals surface area contributed by atoms with Gasteiger partial charge >= 0.3 is 23.9 Å². The number of carbonyl (C=O) groups is 8. The Morgan fingerprint density at radius 3 is 2.39 bits per heavy atom. The van der Waals surface area contributed by atoms with Crippen molar-refractivity contribution in [1.29, 1.82) is 0 Å². The van der Waals surface area contributed by atoms with Gasteiger partial charge in [-0.3, -0.25) is 34.3 Å². The lowest BCUT2D eigenvalue weighted by molar-refractivity contribution is -0.161. The van der Waals surface area contributed by atoms with Gasteiger partial charge in [-0.1, -0.05) is 33.7 Å². The Kier molecular flexibility index (Phi) is 11.3. The second kappa shape index (κ2) is 15.5. The van der Waals surface area contributed by atoms with Crippen LogP contribution in [0.5, 0.6) is 11.5 Å². The normalized spacial score (nSPS) is 21.0. The summed E-state index contributed by atoms with van der Waals surface area (Å²) < 4.78 is 0. The summed E-state index contributed by atoms with van der Waals surface area (Å²) in [5.41, 5.74) is 4.28. The second-order valence-corrected chi connectivity index (χ2v) is 15.3. The number of aromatic nitrogens is 1. The number of aromatic hydroxyl groups is 2. The highest BCUT2D eigenvalue weighted by atomic mass is 35.5. The van der Waals surface area contributed by atoms with Crippen molar-refractivity contribution in [3.63, 3.8) is 0 Å². The Bertz CT molecular complexity index is 2130. The van der Waals surface area contributed by atoms with Crippen molar-refractivity contribution in [2.75, 3.05) is 31.9 Å². The number of nitrogens with one attached hydrogen (secondary N) is 2. The van der Waals surface area contributed by atoms with Crippen LogP contribution in [0.1, 0.15) is 31.5 Å². The molecule has 0 unspecified atom stereocenters. The molecule has 3 fully saturated rings. The van der Waals surface area contributed by atoms with E-state index in [1.165, 1.54) is 19.2 Å². The fourth-order valence-corrected chi connectivity index (χ4v) is 8.01. The van der Waals surface area contributed by atoms with Crippen LogP contribution in [0.2, 0.25) is 5.02 Å². The number of nitrogens with zero attached hydrogens (tertiary/aromatic N) is 6. The summed E-state index contributed by atoms with van der Waals surface area (Å²) in [6.07, 6.45) is -0.527. The number of oxime groups is 2. The van der Waals surface area contributed by atoms with E-state index in [0.717, 1.165) is 33.3 Å². The van der Waals surface area contributed by atoms with Crippen LogP contribution < -0.4 is 16.5 Å². The molecule has 3 atom stereocenters. The molecule has 2 aromatic rings. The van der Waals surface area contributed by atoms with Crippen LogP contribution in [0.3, 0.4) is 0 Å². The van der Waals surface area contributed by atoms with Gasteiger partial charge in [0.2, 0.25) is 22.2 Å². The minimum absolute atomic E-state index is 0.0455. The first kappa shape index (κ1) is 41.0. The number of β-lactam (4-membered cyclic amide) rings is 1. The standard InChI is InChI=1S/C30H30ClN9O14S2/c1-29(2,25(48)49)54-37-19(13-9-55-27(32)34-13)15(42)7-12-23(47)38-10-30(26(50)51,56-24(12)38)39-5-6-40(28(39)52)35-21(45)16(43)8-33-22(46)18(36-53)11-3-4-14(41)20(44)17(11)31/h3-4,9,12,24,41,44,53H,5-8,10H2,1-2H3,(H2,32,34)(H,33,46)(H,35,45)(H,48,49)(H,50,51)/b36-18-,37-19-/t12-,24-,30-/m1/s1. The summed E-state index contributed by atoms with van der Waals surface area (Å²) in [4.78, 5) is 111. The first-order valence-corrected chi connectivity index (χ1v) is 18.0. The van der Waals surface area contributed by atoms with Crippen molar-refractivity contribution in [3.05, 3.63) is 33.8 Å². The van der Waals surface area contributed by atoms with E-state index in [2.05, 4.69) is 15.3 Å². The average Bonchev–Trinajstić information content (AvgIpc) is 3.85. The summed E-state index contributed by atoms with van der Waals surface area (Å²) >= 11 is 7.55. The van der Waals surface area contributed by atoms with E-state index in [4.69, 9.17) is 22.2 Å². The van der Waals surface area contributed by atoms with Crippen molar-refractivity contribution in [2.24, 2.45) is 16.2 Å². The SMILES string of the molecule is CC(C)(O/N=C(\C(=O)C[C@@H]1C(=O)N2C[C@@](C(=O)O)(N3CCN(NC(=O)C(=O)CNC(=O)/C(=N\O)c4ccc(O)c(O)c4Cl)C3=O)S[C@H]12)c1csc(N)n1)C(=O)O. The highest BCUT2D eigenvalue weighted by molar-refractivity contribution is 8.02. The number of hydrogen-bond acceptors (Lipinski definition) is 18. The number of thiazole rings is 1. The molecule has 5 amide bonds. The Morgan fingerprint density at radius 2 is 1.79 bits per heavy atom. The maximum Gasteiger partial charge on any atom is 0.350 e. The maximum atomic E-state index is 13.5. The zero-order valence-corrected chi connectivity index (χ0v) is 31.2. The number of nitrogens with two attached hydrogens (primary N) is 1. The molecule has 3 aliphatic rings. The van der Waals surface area contributed by atoms with Crippen molar-refractivity contribution in [2.45, 2.75) is 36.1 Å². The van der Waals surface area contributed by atoms with Gasteiger partial charge < -0.3 is 46.4 Å². The molecule has 298 valence electrons. The smallest absolute Gasteiger partial charge is 0.350 e. The molecule has 23 nitrogen and oxygen atoms in total. The van der Waals surface area contributed by atoms with Gasteiger partial charge in [0.1, 0.15) is 5.69 Å². The maximum absolute atomic E-state index is 13.5. The van der Waals surface area contributed by atoms with Crippen LogP contribution in [0.25, 0.3) is 0 Å². The van der Waals surface area contributed by atoms with E-state index < -0.39 is 116 Å². The molecule has 0 spiro atoms. The van der Waals surface area contributed by atoms with E-state index in [1.54, 1.807) is 0 Å². The molecule has 1 aromatic carbocycles. The summed E-state index contributed by atoms with van der Waals surface area (Å²) in [7, 11) is 0. The van der Waals surface area contributed by atoms with Gasteiger partial charge in [0.05, 0.1) is 35.9 Å². The molecule has 56 heavy (non-hydrogen) atoms. The molecule has 4 heterocycles. The fourth-order valence-electron chi connectivity index (χ4n) is 5.52. The van der Waals surface area contributed by atoms with Gasteiger partial charge in [0.25, 0.3) is 5.91 Å². The summed E-state index contributed by atoms with van der Waals surface area (Å²) in [5, 5.41) is 57.6. The number of ketones is 2. The van der Waals surface area contributed by atoms with Gasteiger partial charge in [-0.05, 0) is 26.0 Å². The Morgan fingerprint density at radius 1 is 1.09 bits per heavy atom. The largest absolute Gasteiger partial charge is 0.504 e. The predicted molar refractivity (Wildman–Crippen MR) is 191 cm³/mol. The van der Waals surface area contributed by atoms with Gasteiger partial charge in [-0.15, -0.1) is 11.3 Å². The highest BCUT2D eigenvalue weighted by Gasteiger charge is 2.66. The molecule has 9 N–H and O–H groups in total. The molecule has 0 aliphatic carbocycles. The molecule has 26 heteroatoms. The third-order valence-corrected chi connectivity index (χ3v) is 11.4. The molecule has 0 saturated carbocycles. The first-order valence-electron chi connectivity index (χ1n) is 15.8. The fraction of sp³-hybridized carbons (Fsp3) is 0.367. The molecule has 3 aliphatic heterocycles. The molecule has 1 aromatic heterocycles. The monoisotopic (exact) mass is 839 g/mol. The van der Waals surface area contributed by atoms with Gasteiger partial charge in [-0.2, -0.15) is 0 Å². The minimum Gasteiger partial charge on any atom is -0.504 e. The Balaban J connectivity index is 1.22. The summed E-state index contributed by atoms with van der Waals surface area (Å²) in [5.74, 6) is -10.8. The molecule has 0 radical (unpaired) electrons. The number of amides is 5. The number of fused-ring (bicyclic) bond motifs is 1. The van der Waals surface area contributed by atoms with Crippen LogP contribution >= 0.6 is 34.7 Å². The van der Waals surface area contributed by atoms with E-state index in [9.17, 15) is 64.0 Å². The number of rotatable bonds is 15. The van der Waals surface area contributed by atoms with E-state index >= 15 is 0 Å². The minimum atomic E-state index is -2.09. The number of halogens is 1. The van der Waals surface area contributed by atoms with E-state index in [1.807, 2.05) is 10.7 Å². The molecule has 3 saturated heterocycles. The zero-order valence-electron chi connectivity index (χ0n) is 28.8. The quantitative estimate of drug-likeness (QED) is 0.0266. The van der Waals surface area contributed by atoms with Crippen LogP contribution in [0.15, 0.2) is 27.8 Å². The highest BCUT2D eigenvalue weighted by Crippen LogP contribution is 2.53. The number of urea groups is 1. The lowest BCUT2D eigenvalue weighted by atomic mass is 9.90. The summed E-state index contributed by atoms with van der Waals surface area (Å²) in [6.45, 7) is 0.273. The van der Waals surface area contributed by atoms with Gasteiger partial charge in [0.15, 0.2) is 33.8 Å². The van der Waals surface area contributed by atoms with Crippen molar-refractivity contribution >= 4 is 98.5 Å². The molecular formula is C30H30ClN9O14S2. The average molecular weight is 840 g/mol. The topological polar surface area (TPSA) is 344 Å². The first-order chi connectivity index (χ1) is 26.2. The van der Waals surface area contributed by atoms with Crippen molar-refractivity contribution in [3.8, 4) is 11.5 Å². The lowest BCUT2D eigenvalue weighted by Crippen LogP contribution is -2.60. The number of phenolic OH excluding ortho intramolecular Hbond substituents is 2. The number of carboxylic acids is 2. The van der Waals surface area contributed by atoms with E-state index in [0.29, 0.717) is 16.8 Å². The number of nitrogen functional groups attached to an aromatic ring is 1. The summed E-state index contributed by atoms with van der Waals surface area (Å²) in [6, 6.07) is 0.920. The number of hydrogen-bond donors (Lipinski definition) is 8. The van der Waals surface area contributed by atoms with Gasteiger partial charge in [-0.25, -0.2) is 24.4 Å². The predicted octanol–water partition coefficient (Wildman–Crippen LogP) is -1.02. The number of carboxylic acid groups (broad SMARTS) is 2. The van der Waals surface area contributed by atoms with E-state index in [-0.39, 0.29) is 29.5 Å². The molecule has 0 bridgehead atoms. The third-order valence-electron chi connectivity index (χ3n) is 8.61. The van der Waals surface area contributed by atoms with Crippen LogP contribution in [-0.2, 0) is 38.4 Å². The lowest BCUT2D eigenvalue weighted by Gasteiger charge is -2.40. The Labute approximate surface area is 326 Å². The van der Waals surface area contributed by atoms with Crippen molar-refractivity contribution < 1.29 is 68.8 Å². The van der Waals surface area contributed by atoms with Crippen LogP contribution in [0, 0.1) is 5.92 Å². The van der Waals surface area contributed by atoms with Crippen LogP contribution in [-0.4, -0.2) is 146 Å². The zero-order chi connectivity index (χ0) is 41.4. The molecule has 5 rings (SSSR count). The van der Waals surface area contributed by atoms with Crippen LogP contribution in [0.4, 0.5) is 9.93 Å². The molecular weight excluding hydrogens is 810 g/mol. The number of anilines is 1. The second-order valence-electron chi connectivity index (χ2n) is 12.6. The van der Waals surface area contributed by atoms with Gasteiger partial charge in [0, 0.05) is 23.9 Å². The number of aliphatic carboxylic acids is 2. The number of phenols is 2. The Hall–Kier alpha value is -6.21. The number of carbonyl (C=O) groups excluding carboxylic acids is 6. The number of Topliss-reactive ketones (excluding diaryl/α,β-unsaturated/α-hetero) is 2. The third kappa shape index (κ3) is 7.54.